The molecule has 1 heterocycles. The molecule has 1 aliphatic heterocycles. The van der Waals surface area contributed by atoms with Crippen LogP contribution in [-0.2, 0) is 4.79 Å². The molecule has 1 aliphatic carbocycles. The lowest BCUT2D eigenvalue weighted by Gasteiger charge is -2.33. The van der Waals surface area contributed by atoms with E-state index in [1.54, 1.807) is 4.90 Å². The standard InChI is InChI=1S/C13H22N2O4/c1-2-14(9-5-3-4-6-9)13(19)15-8-10(16)7-11(15)12(17)18/h9-11,16H,2-8H2,1H3,(H,17,18)/t10-,11+/m1/s1. The number of carboxylic acids is 1. The number of carbonyl (C=O) groups excluding carboxylic acids is 1. The second-order valence-corrected chi connectivity index (χ2v) is 5.40. The van der Waals surface area contributed by atoms with Crippen molar-refractivity contribution in [3.8, 4) is 0 Å². The quantitative estimate of drug-likeness (QED) is 0.798. The highest BCUT2D eigenvalue weighted by Crippen LogP contribution is 2.27. The number of carbonyl (C=O) groups is 2. The van der Waals surface area contributed by atoms with Crippen molar-refractivity contribution in [1.82, 2.24) is 9.80 Å². The summed E-state index contributed by atoms with van der Waals surface area (Å²) < 4.78 is 0. The fourth-order valence-corrected chi connectivity index (χ4v) is 3.19. The SMILES string of the molecule is CCN(C(=O)N1C[C@H](O)C[C@H]1C(=O)O)C1CCCC1. The van der Waals surface area contributed by atoms with Crippen LogP contribution in [0.25, 0.3) is 0 Å². The van der Waals surface area contributed by atoms with Gasteiger partial charge >= 0.3 is 12.0 Å². The molecule has 19 heavy (non-hydrogen) atoms. The van der Waals surface area contributed by atoms with Crippen LogP contribution in [-0.4, -0.2) is 63.3 Å². The molecule has 0 bridgehead atoms. The van der Waals surface area contributed by atoms with Crippen LogP contribution in [0.15, 0.2) is 0 Å². The Kier molecular flexibility index (Phi) is 4.29. The van der Waals surface area contributed by atoms with Gasteiger partial charge in [-0.2, -0.15) is 0 Å². The van der Waals surface area contributed by atoms with Gasteiger partial charge in [0.2, 0.25) is 0 Å². The van der Waals surface area contributed by atoms with Gasteiger partial charge in [-0.25, -0.2) is 9.59 Å². The zero-order valence-electron chi connectivity index (χ0n) is 11.3. The van der Waals surface area contributed by atoms with E-state index in [2.05, 4.69) is 0 Å². The Balaban J connectivity index is 2.09. The summed E-state index contributed by atoms with van der Waals surface area (Å²) in [6, 6.07) is -0.902. The van der Waals surface area contributed by atoms with E-state index in [0.717, 1.165) is 25.7 Å². The molecule has 2 rings (SSSR count). The minimum atomic E-state index is -1.03. The van der Waals surface area contributed by atoms with Crippen molar-refractivity contribution >= 4 is 12.0 Å². The van der Waals surface area contributed by atoms with Gasteiger partial charge in [0.1, 0.15) is 6.04 Å². The van der Waals surface area contributed by atoms with Gasteiger partial charge in [-0.1, -0.05) is 12.8 Å². The van der Waals surface area contributed by atoms with Gasteiger partial charge in [0, 0.05) is 25.6 Å². The normalized spacial score (nSPS) is 27.8. The first kappa shape index (κ1) is 14.1. The lowest BCUT2D eigenvalue weighted by atomic mass is 10.2. The van der Waals surface area contributed by atoms with Crippen LogP contribution < -0.4 is 0 Å². The van der Waals surface area contributed by atoms with Crippen molar-refractivity contribution in [3.63, 3.8) is 0 Å². The van der Waals surface area contributed by atoms with Gasteiger partial charge in [0.05, 0.1) is 6.10 Å². The zero-order valence-corrected chi connectivity index (χ0v) is 11.3. The Labute approximate surface area is 113 Å². The Hall–Kier alpha value is -1.30. The van der Waals surface area contributed by atoms with Crippen molar-refractivity contribution < 1.29 is 19.8 Å². The molecule has 1 saturated carbocycles. The Morgan fingerprint density at radius 2 is 1.95 bits per heavy atom. The minimum Gasteiger partial charge on any atom is -0.480 e. The van der Waals surface area contributed by atoms with Crippen LogP contribution >= 0.6 is 0 Å². The monoisotopic (exact) mass is 270 g/mol. The molecule has 108 valence electrons. The van der Waals surface area contributed by atoms with Crippen LogP contribution in [0.1, 0.15) is 39.0 Å². The molecule has 2 atom stereocenters. The number of aliphatic hydroxyl groups excluding tert-OH is 1. The third-order valence-corrected chi connectivity index (χ3v) is 4.16. The number of nitrogens with zero attached hydrogens (tertiary/aromatic N) is 2. The van der Waals surface area contributed by atoms with Crippen molar-refractivity contribution in [1.29, 1.82) is 0 Å². The van der Waals surface area contributed by atoms with Crippen molar-refractivity contribution in [2.24, 2.45) is 0 Å². The smallest absolute Gasteiger partial charge is 0.326 e. The maximum Gasteiger partial charge on any atom is 0.326 e. The molecule has 0 aromatic carbocycles. The summed E-state index contributed by atoms with van der Waals surface area (Å²) in [5.74, 6) is -1.03. The number of urea groups is 1. The van der Waals surface area contributed by atoms with E-state index in [0.29, 0.717) is 6.54 Å². The first-order valence-electron chi connectivity index (χ1n) is 7.02. The predicted octanol–water partition coefficient (Wildman–Crippen LogP) is 0.891. The van der Waals surface area contributed by atoms with Crippen molar-refractivity contribution in [2.45, 2.75) is 57.2 Å². The average Bonchev–Trinajstić information content (AvgIpc) is 2.99. The summed E-state index contributed by atoms with van der Waals surface area (Å²) in [7, 11) is 0. The van der Waals surface area contributed by atoms with E-state index >= 15 is 0 Å². The largest absolute Gasteiger partial charge is 0.480 e. The first-order valence-corrected chi connectivity index (χ1v) is 7.02. The van der Waals surface area contributed by atoms with E-state index in [4.69, 9.17) is 5.11 Å². The molecule has 6 nitrogen and oxygen atoms in total. The fraction of sp³-hybridized carbons (Fsp3) is 0.846. The van der Waals surface area contributed by atoms with Gasteiger partial charge in [0.25, 0.3) is 0 Å². The molecule has 1 saturated heterocycles. The topological polar surface area (TPSA) is 81.1 Å². The van der Waals surface area contributed by atoms with E-state index in [9.17, 15) is 14.7 Å². The third kappa shape index (κ3) is 2.83. The zero-order chi connectivity index (χ0) is 14.0. The van der Waals surface area contributed by atoms with Crippen LogP contribution in [0.4, 0.5) is 4.79 Å². The Morgan fingerprint density at radius 3 is 2.47 bits per heavy atom. The summed E-state index contributed by atoms with van der Waals surface area (Å²) in [5, 5.41) is 18.8. The number of aliphatic hydroxyl groups is 1. The van der Waals surface area contributed by atoms with E-state index in [1.807, 2.05) is 6.92 Å². The molecule has 2 fully saturated rings. The molecule has 0 unspecified atom stereocenters. The molecule has 2 amide bonds. The lowest BCUT2D eigenvalue weighted by Crippen LogP contribution is -2.51. The molecule has 0 aromatic heterocycles. The number of β-amino-alcohol motifs (C(OH)–C–C–N with tert-alkyl or cyclic N) is 1. The number of likely N-dealkylation sites (tertiary alicyclic amines) is 1. The second-order valence-electron chi connectivity index (χ2n) is 5.40. The maximum absolute atomic E-state index is 12.5. The fourth-order valence-electron chi connectivity index (χ4n) is 3.19. The average molecular weight is 270 g/mol. The van der Waals surface area contributed by atoms with Crippen LogP contribution in [0.2, 0.25) is 0 Å². The summed E-state index contributed by atoms with van der Waals surface area (Å²) in [5.41, 5.74) is 0. The Morgan fingerprint density at radius 1 is 1.32 bits per heavy atom. The van der Waals surface area contributed by atoms with Gasteiger partial charge in [-0.05, 0) is 19.8 Å². The van der Waals surface area contributed by atoms with E-state index < -0.39 is 18.1 Å². The van der Waals surface area contributed by atoms with Gasteiger partial charge in [0.15, 0.2) is 0 Å². The molecular weight excluding hydrogens is 248 g/mol. The third-order valence-electron chi connectivity index (χ3n) is 4.16. The molecule has 0 aromatic rings. The van der Waals surface area contributed by atoms with Gasteiger partial charge < -0.3 is 20.0 Å². The number of carboxylic acid groups (broad SMARTS) is 1. The molecule has 0 radical (unpaired) electrons. The molecule has 6 heteroatoms. The Bertz CT molecular complexity index is 355. The van der Waals surface area contributed by atoms with E-state index in [-0.39, 0.29) is 25.0 Å². The molecular formula is C13H22N2O4. The molecule has 0 spiro atoms. The lowest BCUT2D eigenvalue weighted by molar-refractivity contribution is -0.141. The van der Waals surface area contributed by atoms with Gasteiger partial charge in [-0.3, -0.25) is 0 Å². The second kappa shape index (κ2) is 5.77. The van der Waals surface area contributed by atoms with Crippen molar-refractivity contribution in [2.75, 3.05) is 13.1 Å². The first-order chi connectivity index (χ1) is 9.04. The summed E-state index contributed by atoms with van der Waals surface area (Å²) in [6.07, 6.45) is 3.64. The summed E-state index contributed by atoms with van der Waals surface area (Å²) >= 11 is 0. The van der Waals surface area contributed by atoms with E-state index in [1.165, 1.54) is 4.90 Å². The highest BCUT2D eigenvalue weighted by molar-refractivity contribution is 5.83. The van der Waals surface area contributed by atoms with Crippen LogP contribution in [0, 0.1) is 0 Å². The van der Waals surface area contributed by atoms with Crippen LogP contribution in [0.5, 0.6) is 0 Å². The molecule has 2 aliphatic rings. The summed E-state index contributed by atoms with van der Waals surface area (Å²) in [4.78, 5) is 26.8. The highest BCUT2D eigenvalue weighted by Gasteiger charge is 2.41. The summed E-state index contributed by atoms with van der Waals surface area (Å²) in [6.45, 7) is 2.62. The number of amides is 2. The van der Waals surface area contributed by atoms with Crippen molar-refractivity contribution in [3.05, 3.63) is 0 Å². The van der Waals surface area contributed by atoms with Crippen LogP contribution in [0.3, 0.4) is 0 Å². The number of aliphatic carboxylic acids is 1. The number of hydrogen-bond acceptors (Lipinski definition) is 3. The highest BCUT2D eigenvalue weighted by atomic mass is 16.4. The maximum atomic E-state index is 12.5. The molecule has 2 N–H and O–H groups in total. The minimum absolute atomic E-state index is 0.124. The number of rotatable bonds is 3. The predicted molar refractivity (Wildman–Crippen MR) is 68.8 cm³/mol. The number of hydrogen-bond donors (Lipinski definition) is 2. The van der Waals surface area contributed by atoms with Gasteiger partial charge in [-0.15, -0.1) is 0 Å².